The van der Waals surface area contributed by atoms with Crippen LogP contribution in [0.4, 0.5) is 0 Å². The maximum atomic E-state index is 12.5. The molecule has 1 N–H and O–H groups in total. The molecular weight excluding hydrogens is 378 g/mol. The Labute approximate surface area is 174 Å². The van der Waals surface area contributed by atoms with Crippen molar-refractivity contribution in [1.82, 2.24) is 5.32 Å². The van der Waals surface area contributed by atoms with Crippen LogP contribution in [-0.4, -0.2) is 49.2 Å². The molecule has 0 aromatic carbocycles. The van der Waals surface area contributed by atoms with Crippen LogP contribution in [-0.2, 0) is 33.4 Å². The molecule has 0 rings (SSSR count). The molecule has 2 atom stereocenters. The summed E-state index contributed by atoms with van der Waals surface area (Å²) in [4.78, 5) is 48.4. The van der Waals surface area contributed by atoms with E-state index in [1.807, 2.05) is 0 Å². The number of esters is 3. The van der Waals surface area contributed by atoms with Crippen molar-refractivity contribution in [2.75, 3.05) is 13.2 Å². The van der Waals surface area contributed by atoms with Crippen molar-refractivity contribution >= 4 is 23.8 Å². The van der Waals surface area contributed by atoms with Crippen LogP contribution in [0.2, 0.25) is 0 Å². The second-order valence-corrected chi connectivity index (χ2v) is 10.2. The van der Waals surface area contributed by atoms with Gasteiger partial charge in [0.05, 0.1) is 22.8 Å². The molecule has 0 aliphatic heterocycles. The Kier molecular flexibility index (Phi) is 9.34. The molecule has 8 nitrogen and oxygen atoms in total. The topological polar surface area (TPSA) is 108 Å². The van der Waals surface area contributed by atoms with Crippen LogP contribution in [0.1, 0.15) is 69.2 Å². The minimum absolute atomic E-state index is 0.0910. The van der Waals surface area contributed by atoms with Gasteiger partial charge in [0.1, 0.15) is 6.61 Å². The van der Waals surface area contributed by atoms with E-state index in [9.17, 15) is 19.2 Å². The van der Waals surface area contributed by atoms with E-state index in [0.717, 1.165) is 0 Å². The van der Waals surface area contributed by atoms with Crippen molar-refractivity contribution < 1.29 is 33.4 Å². The van der Waals surface area contributed by atoms with Gasteiger partial charge in [0.2, 0.25) is 5.91 Å². The van der Waals surface area contributed by atoms with Crippen molar-refractivity contribution in [3.05, 3.63) is 0 Å². The largest absolute Gasteiger partial charge is 0.461 e. The van der Waals surface area contributed by atoms with Gasteiger partial charge in [-0.25, -0.2) is 0 Å². The van der Waals surface area contributed by atoms with Gasteiger partial charge in [-0.3, -0.25) is 19.2 Å². The lowest BCUT2D eigenvalue weighted by molar-refractivity contribution is -0.185. The Bertz CT molecular complexity index is 606. The Hall–Kier alpha value is -2.12. The number of ether oxygens (including phenoxy) is 3. The van der Waals surface area contributed by atoms with Crippen LogP contribution in [0.5, 0.6) is 0 Å². The molecule has 0 heterocycles. The smallest absolute Gasteiger partial charge is 0.311 e. The van der Waals surface area contributed by atoms with Crippen LogP contribution < -0.4 is 5.32 Å². The van der Waals surface area contributed by atoms with Gasteiger partial charge in [0.15, 0.2) is 12.2 Å². The third kappa shape index (κ3) is 10.3. The van der Waals surface area contributed by atoms with Crippen molar-refractivity contribution in [2.24, 2.45) is 16.2 Å². The summed E-state index contributed by atoms with van der Waals surface area (Å²) >= 11 is 0. The van der Waals surface area contributed by atoms with Gasteiger partial charge in [-0.1, -0.05) is 0 Å². The van der Waals surface area contributed by atoms with E-state index in [1.54, 1.807) is 62.3 Å². The second-order valence-electron chi connectivity index (χ2n) is 10.2. The van der Waals surface area contributed by atoms with Crippen LogP contribution in [0.15, 0.2) is 0 Å². The summed E-state index contributed by atoms with van der Waals surface area (Å²) in [5.41, 5.74) is -2.39. The zero-order valence-corrected chi connectivity index (χ0v) is 19.4. The van der Waals surface area contributed by atoms with Gasteiger partial charge in [0.25, 0.3) is 0 Å². The van der Waals surface area contributed by atoms with Gasteiger partial charge in [0, 0.05) is 6.92 Å². The average molecular weight is 416 g/mol. The number of carbonyl (C=O) groups is 4. The summed E-state index contributed by atoms with van der Waals surface area (Å²) in [6, 6.07) is 0. The standard InChI is InChI=1S/C21H37NO7/c1-13(23)22-11-14(28-17(25)20(5,6)7)15(29-18(26)21(8,9)10)12-27-16(24)19(2,3)4/h14-15H,11-12H2,1-10H3,(H,22,23)/t14-,15-/m0/s1. The Morgan fingerprint density at radius 1 is 0.690 bits per heavy atom. The highest BCUT2D eigenvalue weighted by molar-refractivity contribution is 5.77. The number of amides is 1. The quantitative estimate of drug-likeness (QED) is 0.503. The van der Waals surface area contributed by atoms with E-state index in [4.69, 9.17) is 14.2 Å². The van der Waals surface area contributed by atoms with Crippen molar-refractivity contribution in [3.63, 3.8) is 0 Å². The first-order valence-electron chi connectivity index (χ1n) is 9.69. The molecule has 0 radical (unpaired) electrons. The number of rotatable bonds is 7. The molecular formula is C21H37NO7. The summed E-state index contributed by atoms with van der Waals surface area (Å²) in [7, 11) is 0. The highest BCUT2D eigenvalue weighted by atomic mass is 16.6. The molecule has 29 heavy (non-hydrogen) atoms. The summed E-state index contributed by atoms with van der Waals surface area (Å²) in [5, 5.41) is 2.56. The summed E-state index contributed by atoms with van der Waals surface area (Å²) < 4.78 is 16.4. The van der Waals surface area contributed by atoms with Crippen molar-refractivity contribution in [3.8, 4) is 0 Å². The Morgan fingerprint density at radius 2 is 1.07 bits per heavy atom. The van der Waals surface area contributed by atoms with E-state index in [0.29, 0.717) is 0 Å². The Morgan fingerprint density at radius 3 is 1.41 bits per heavy atom. The molecule has 0 bridgehead atoms. The predicted molar refractivity (Wildman–Crippen MR) is 108 cm³/mol. The van der Waals surface area contributed by atoms with Crippen molar-refractivity contribution in [1.29, 1.82) is 0 Å². The van der Waals surface area contributed by atoms with Crippen LogP contribution in [0, 0.1) is 16.2 Å². The van der Waals surface area contributed by atoms with E-state index >= 15 is 0 Å². The lowest BCUT2D eigenvalue weighted by atomic mass is 9.96. The molecule has 0 fully saturated rings. The number of hydrogen-bond acceptors (Lipinski definition) is 7. The lowest BCUT2D eigenvalue weighted by Crippen LogP contribution is -2.48. The fraction of sp³-hybridized carbons (Fsp3) is 0.810. The predicted octanol–water partition coefficient (Wildman–Crippen LogP) is 2.63. The molecule has 0 saturated carbocycles. The zero-order chi connectivity index (χ0) is 23.2. The first kappa shape index (κ1) is 26.9. The van der Waals surface area contributed by atoms with Crippen LogP contribution in [0.3, 0.4) is 0 Å². The van der Waals surface area contributed by atoms with Crippen LogP contribution >= 0.6 is 0 Å². The molecule has 0 saturated heterocycles. The molecule has 0 spiro atoms. The summed E-state index contributed by atoms with van der Waals surface area (Å²) in [6.07, 6.45) is -2.10. The molecule has 168 valence electrons. The molecule has 0 unspecified atom stereocenters. The van der Waals surface area contributed by atoms with Gasteiger partial charge in [-0.15, -0.1) is 0 Å². The second kappa shape index (κ2) is 10.1. The maximum absolute atomic E-state index is 12.5. The van der Waals surface area contributed by atoms with E-state index in [1.165, 1.54) is 6.92 Å². The molecule has 8 heteroatoms. The normalized spacial score (nSPS) is 14.4. The fourth-order valence-electron chi connectivity index (χ4n) is 1.71. The fourth-order valence-corrected chi connectivity index (χ4v) is 1.71. The summed E-state index contributed by atoms with van der Waals surface area (Å²) in [6.45, 7) is 16.1. The molecule has 1 amide bonds. The zero-order valence-electron chi connectivity index (χ0n) is 19.4. The first-order valence-corrected chi connectivity index (χ1v) is 9.69. The lowest BCUT2D eigenvalue weighted by Gasteiger charge is -2.31. The SMILES string of the molecule is CC(=O)NC[C@H](OC(=O)C(C)(C)C)[C@H](COC(=O)C(C)(C)C)OC(=O)C(C)(C)C. The van der Waals surface area contributed by atoms with Gasteiger partial charge >= 0.3 is 17.9 Å². The highest BCUT2D eigenvalue weighted by Crippen LogP contribution is 2.22. The highest BCUT2D eigenvalue weighted by Gasteiger charge is 2.37. The van der Waals surface area contributed by atoms with E-state index < -0.39 is 46.4 Å². The minimum atomic E-state index is -1.08. The first-order chi connectivity index (χ1) is 12.9. The van der Waals surface area contributed by atoms with Gasteiger partial charge < -0.3 is 19.5 Å². The van der Waals surface area contributed by atoms with E-state index in [-0.39, 0.29) is 19.1 Å². The summed E-state index contributed by atoms with van der Waals surface area (Å²) in [5.74, 6) is -1.91. The monoisotopic (exact) mass is 415 g/mol. The third-order valence-electron chi connectivity index (χ3n) is 3.70. The van der Waals surface area contributed by atoms with E-state index in [2.05, 4.69) is 5.32 Å². The van der Waals surface area contributed by atoms with Gasteiger partial charge in [-0.05, 0) is 62.3 Å². The third-order valence-corrected chi connectivity index (χ3v) is 3.70. The molecule has 0 aliphatic carbocycles. The van der Waals surface area contributed by atoms with Gasteiger partial charge in [-0.2, -0.15) is 0 Å². The Balaban J connectivity index is 5.70. The molecule has 0 aromatic heterocycles. The average Bonchev–Trinajstić information content (AvgIpc) is 2.51. The van der Waals surface area contributed by atoms with Crippen molar-refractivity contribution in [2.45, 2.75) is 81.4 Å². The molecule has 0 aliphatic rings. The maximum Gasteiger partial charge on any atom is 0.311 e. The number of carbonyl (C=O) groups excluding carboxylic acids is 4. The number of hydrogen-bond donors (Lipinski definition) is 1. The molecule has 0 aromatic rings. The van der Waals surface area contributed by atoms with Crippen LogP contribution in [0.25, 0.3) is 0 Å². The minimum Gasteiger partial charge on any atom is -0.461 e. The number of nitrogens with one attached hydrogen (secondary N) is 1.